The van der Waals surface area contributed by atoms with E-state index in [9.17, 15) is 4.39 Å². The number of benzene rings is 2. The molecule has 4 rings (SSSR count). The van der Waals surface area contributed by atoms with E-state index in [0.29, 0.717) is 11.7 Å². The zero-order valence-electron chi connectivity index (χ0n) is 15.0. The highest BCUT2D eigenvalue weighted by atomic mass is 32.1. The van der Waals surface area contributed by atoms with Gasteiger partial charge in [0.2, 0.25) is 0 Å². The summed E-state index contributed by atoms with van der Waals surface area (Å²) in [5, 5.41) is 0. The molecule has 1 fully saturated rings. The number of hydrogen-bond acceptors (Lipinski definition) is 2. The summed E-state index contributed by atoms with van der Waals surface area (Å²) in [5.74, 6) is -0.160. The van der Waals surface area contributed by atoms with Gasteiger partial charge in [-0.1, -0.05) is 37.3 Å². The van der Waals surface area contributed by atoms with Gasteiger partial charge in [0.15, 0.2) is 0 Å². The smallest absolute Gasteiger partial charge is 0.132 e. The normalized spacial score (nSPS) is 16.9. The van der Waals surface area contributed by atoms with Crippen LogP contribution in [-0.2, 0) is 17.6 Å². The third-order valence-electron chi connectivity index (χ3n) is 5.04. The van der Waals surface area contributed by atoms with E-state index >= 15 is 0 Å². The average Bonchev–Trinajstić information content (AvgIpc) is 3.34. The number of ether oxygens (including phenoxy) is 1. The topological polar surface area (TPSA) is 9.23 Å². The minimum Gasteiger partial charge on any atom is -0.378 e. The Morgan fingerprint density at radius 1 is 1.04 bits per heavy atom. The number of thiophene rings is 1. The lowest BCUT2D eigenvalue weighted by atomic mass is 10.0. The fraction of sp³-hybridized carbons (Fsp3) is 0.304. The van der Waals surface area contributed by atoms with E-state index in [1.165, 1.54) is 10.4 Å². The molecule has 0 bridgehead atoms. The minimum atomic E-state index is -0.160. The second-order valence-corrected chi connectivity index (χ2v) is 8.02. The van der Waals surface area contributed by atoms with Crippen LogP contribution in [0.3, 0.4) is 0 Å². The molecule has 1 nitrogen and oxygen atoms in total. The molecular weight excluding hydrogens is 343 g/mol. The van der Waals surface area contributed by atoms with Crippen LogP contribution >= 0.6 is 11.3 Å². The summed E-state index contributed by atoms with van der Waals surface area (Å²) in [5.41, 5.74) is 3.95. The van der Waals surface area contributed by atoms with Crippen LogP contribution in [0.1, 0.15) is 30.2 Å². The van der Waals surface area contributed by atoms with E-state index < -0.39 is 0 Å². The lowest BCUT2D eigenvalue weighted by molar-refractivity contribution is 0.112. The monoisotopic (exact) mass is 366 g/mol. The van der Waals surface area contributed by atoms with Crippen molar-refractivity contribution in [1.82, 2.24) is 0 Å². The lowest BCUT2D eigenvalue weighted by Crippen LogP contribution is -2.07. The van der Waals surface area contributed by atoms with Gasteiger partial charge in [0.05, 0.1) is 6.10 Å². The molecule has 2 aromatic carbocycles. The SMILES string of the molecule is CCc1ccc(-c2ccc(-c3ccc(CC4CCCO4)s3)c(F)c2)cc1. The van der Waals surface area contributed by atoms with Gasteiger partial charge in [0.25, 0.3) is 0 Å². The molecule has 0 saturated carbocycles. The van der Waals surface area contributed by atoms with Crippen molar-refractivity contribution in [2.24, 2.45) is 0 Å². The molecule has 2 heterocycles. The Labute approximate surface area is 158 Å². The second kappa shape index (κ2) is 7.73. The van der Waals surface area contributed by atoms with Crippen molar-refractivity contribution in [2.45, 2.75) is 38.7 Å². The summed E-state index contributed by atoms with van der Waals surface area (Å²) in [4.78, 5) is 2.26. The van der Waals surface area contributed by atoms with Gasteiger partial charge in [-0.05, 0) is 60.2 Å². The maximum atomic E-state index is 14.8. The van der Waals surface area contributed by atoms with Crippen molar-refractivity contribution in [3.05, 3.63) is 70.9 Å². The van der Waals surface area contributed by atoms with E-state index in [-0.39, 0.29) is 5.82 Å². The van der Waals surface area contributed by atoms with Crippen LogP contribution in [0.2, 0.25) is 0 Å². The summed E-state index contributed by atoms with van der Waals surface area (Å²) in [6.07, 6.45) is 4.57. The van der Waals surface area contributed by atoms with Gasteiger partial charge >= 0.3 is 0 Å². The molecule has 0 N–H and O–H groups in total. The van der Waals surface area contributed by atoms with Gasteiger partial charge in [-0.2, -0.15) is 0 Å². The quantitative estimate of drug-likeness (QED) is 0.500. The average molecular weight is 367 g/mol. The number of halogens is 1. The first-order valence-electron chi connectivity index (χ1n) is 9.32. The first-order chi connectivity index (χ1) is 12.7. The molecule has 3 aromatic rings. The van der Waals surface area contributed by atoms with Crippen molar-refractivity contribution in [1.29, 1.82) is 0 Å². The lowest BCUT2D eigenvalue weighted by Gasteiger charge is -2.07. The molecule has 1 saturated heterocycles. The van der Waals surface area contributed by atoms with Crippen LogP contribution in [0.15, 0.2) is 54.6 Å². The molecule has 1 unspecified atom stereocenters. The fourth-order valence-electron chi connectivity index (χ4n) is 3.49. The molecule has 1 atom stereocenters. The highest BCUT2D eigenvalue weighted by molar-refractivity contribution is 7.15. The van der Waals surface area contributed by atoms with Crippen molar-refractivity contribution >= 4 is 11.3 Å². The van der Waals surface area contributed by atoms with Crippen LogP contribution < -0.4 is 0 Å². The van der Waals surface area contributed by atoms with E-state index in [4.69, 9.17) is 4.74 Å². The Kier molecular flexibility index (Phi) is 5.18. The van der Waals surface area contributed by atoms with Gasteiger partial charge in [-0.25, -0.2) is 4.39 Å². The molecule has 3 heteroatoms. The second-order valence-electron chi connectivity index (χ2n) is 6.85. The molecular formula is C23H23FOS. The predicted molar refractivity (Wildman–Crippen MR) is 107 cm³/mol. The van der Waals surface area contributed by atoms with Crippen LogP contribution in [-0.4, -0.2) is 12.7 Å². The molecule has 1 aliphatic rings. The van der Waals surface area contributed by atoms with Gasteiger partial charge in [-0.15, -0.1) is 11.3 Å². The standard InChI is InChI=1S/C23H23FOS/c1-2-16-5-7-17(8-6-16)18-9-11-21(22(24)14-18)23-12-10-20(26-23)15-19-4-3-13-25-19/h5-12,14,19H,2-4,13,15H2,1H3. The van der Waals surface area contributed by atoms with Crippen molar-refractivity contribution in [3.8, 4) is 21.6 Å². The summed E-state index contributed by atoms with van der Waals surface area (Å²) < 4.78 is 20.5. The van der Waals surface area contributed by atoms with E-state index in [0.717, 1.165) is 48.3 Å². The molecule has 0 spiro atoms. The van der Waals surface area contributed by atoms with Crippen LogP contribution in [0.25, 0.3) is 21.6 Å². The Balaban J connectivity index is 1.54. The van der Waals surface area contributed by atoms with E-state index in [2.05, 4.69) is 37.3 Å². The Morgan fingerprint density at radius 3 is 2.54 bits per heavy atom. The van der Waals surface area contributed by atoms with Gasteiger partial charge in [0, 0.05) is 28.3 Å². The van der Waals surface area contributed by atoms with Crippen LogP contribution in [0.5, 0.6) is 0 Å². The number of hydrogen-bond donors (Lipinski definition) is 0. The van der Waals surface area contributed by atoms with Crippen molar-refractivity contribution in [3.63, 3.8) is 0 Å². The van der Waals surface area contributed by atoms with E-state index in [1.807, 2.05) is 18.2 Å². The van der Waals surface area contributed by atoms with Crippen molar-refractivity contribution < 1.29 is 9.13 Å². The van der Waals surface area contributed by atoms with Crippen molar-refractivity contribution in [2.75, 3.05) is 6.61 Å². The summed E-state index contributed by atoms with van der Waals surface area (Å²) in [7, 11) is 0. The molecule has 0 aliphatic carbocycles. The molecule has 1 aliphatic heterocycles. The Hall–Kier alpha value is -1.97. The first kappa shape index (κ1) is 17.4. The maximum Gasteiger partial charge on any atom is 0.132 e. The third-order valence-corrected chi connectivity index (χ3v) is 6.19. The van der Waals surface area contributed by atoms with Gasteiger partial charge < -0.3 is 4.74 Å². The number of rotatable bonds is 5. The number of aryl methyl sites for hydroxylation is 1. The molecule has 0 radical (unpaired) electrons. The molecule has 26 heavy (non-hydrogen) atoms. The Bertz CT molecular complexity index is 875. The highest BCUT2D eigenvalue weighted by Gasteiger charge is 2.17. The van der Waals surface area contributed by atoms with Gasteiger partial charge in [0.1, 0.15) is 5.82 Å². The zero-order valence-corrected chi connectivity index (χ0v) is 15.8. The summed E-state index contributed by atoms with van der Waals surface area (Å²) in [6.45, 7) is 3.01. The molecule has 134 valence electrons. The zero-order chi connectivity index (χ0) is 17.9. The van der Waals surface area contributed by atoms with Crippen LogP contribution in [0.4, 0.5) is 4.39 Å². The summed E-state index contributed by atoms with van der Waals surface area (Å²) in [6, 6.07) is 18.1. The van der Waals surface area contributed by atoms with E-state index in [1.54, 1.807) is 17.4 Å². The van der Waals surface area contributed by atoms with Crippen LogP contribution in [0, 0.1) is 5.82 Å². The minimum absolute atomic E-state index is 0.160. The fourth-order valence-corrected chi connectivity index (χ4v) is 4.59. The molecule has 0 amide bonds. The maximum absolute atomic E-state index is 14.8. The largest absolute Gasteiger partial charge is 0.378 e. The first-order valence-corrected chi connectivity index (χ1v) is 10.1. The summed E-state index contributed by atoms with van der Waals surface area (Å²) >= 11 is 1.67. The Morgan fingerprint density at radius 2 is 1.85 bits per heavy atom. The molecule has 1 aromatic heterocycles. The predicted octanol–water partition coefficient (Wildman–Crippen LogP) is 6.51. The van der Waals surface area contributed by atoms with Gasteiger partial charge in [-0.3, -0.25) is 0 Å². The highest BCUT2D eigenvalue weighted by Crippen LogP contribution is 2.34. The third kappa shape index (κ3) is 3.74.